The van der Waals surface area contributed by atoms with Crippen LogP contribution < -0.4 is 5.32 Å². The van der Waals surface area contributed by atoms with Crippen molar-refractivity contribution in [1.82, 2.24) is 5.32 Å². The van der Waals surface area contributed by atoms with Gasteiger partial charge in [-0.2, -0.15) is 13.2 Å². The summed E-state index contributed by atoms with van der Waals surface area (Å²) in [6, 6.07) is 0. The van der Waals surface area contributed by atoms with E-state index in [0.29, 0.717) is 0 Å². The molecule has 20 heavy (non-hydrogen) atoms. The first-order valence-electron chi connectivity index (χ1n) is 6.50. The van der Waals surface area contributed by atoms with Gasteiger partial charge in [0.1, 0.15) is 5.92 Å². The van der Waals surface area contributed by atoms with E-state index in [9.17, 15) is 22.8 Å². The van der Waals surface area contributed by atoms with E-state index in [4.69, 9.17) is 4.74 Å². The molecule has 7 heteroatoms. The zero-order valence-corrected chi connectivity index (χ0v) is 12.3. The molecule has 0 aromatic carbocycles. The lowest BCUT2D eigenvalue weighted by Gasteiger charge is -2.27. The van der Waals surface area contributed by atoms with Crippen LogP contribution in [0.25, 0.3) is 0 Å². The van der Waals surface area contributed by atoms with Crippen LogP contribution in [0.4, 0.5) is 13.2 Å². The highest BCUT2D eigenvalue weighted by Gasteiger charge is 2.38. The fourth-order valence-electron chi connectivity index (χ4n) is 1.68. The average Bonchev–Trinajstić information content (AvgIpc) is 2.21. The van der Waals surface area contributed by atoms with Gasteiger partial charge in [-0.15, -0.1) is 0 Å². The van der Waals surface area contributed by atoms with Gasteiger partial charge in [-0.05, 0) is 18.8 Å². The van der Waals surface area contributed by atoms with Crippen molar-refractivity contribution in [1.29, 1.82) is 0 Å². The molecule has 1 N–H and O–H groups in total. The van der Waals surface area contributed by atoms with Crippen LogP contribution in [0.3, 0.4) is 0 Å². The number of hydrogen-bond donors (Lipinski definition) is 1. The zero-order valence-electron chi connectivity index (χ0n) is 12.3. The molecule has 1 amide bonds. The van der Waals surface area contributed by atoms with Crippen LogP contribution in [-0.2, 0) is 14.3 Å². The Morgan fingerprint density at radius 1 is 1.20 bits per heavy atom. The quantitative estimate of drug-likeness (QED) is 0.466. The minimum absolute atomic E-state index is 0.121. The Hall–Kier alpha value is -1.27. The molecule has 1 unspecified atom stereocenters. The van der Waals surface area contributed by atoms with Crippen LogP contribution in [0.15, 0.2) is 0 Å². The van der Waals surface area contributed by atoms with Crippen molar-refractivity contribution in [3.63, 3.8) is 0 Å². The van der Waals surface area contributed by atoms with Gasteiger partial charge in [0, 0.05) is 13.0 Å². The highest BCUT2D eigenvalue weighted by molar-refractivity contribution is 5.98. The van der Waals surface area contributed by atoms with E-state index in [2.05, 4.69) is 5.32 Å². The largest absolute Gasteiger partial charge is 0.465 e. The van der Waals surface area contributed by atoms with Gasteiger partial charge >= 0.3 is 12.1 Å². The van der Waals surface area contributed by atoms with E-state index in [0.717, 1.165) is 0 Å². The number of alkyl halides is 3. The molecule has 4 nitrogen and oxygen atoms in total. The highest BCUT2D eigenvalue weighted by Crippen LogP contribution is 2.27. The summed E-state index contributed by atoms with van der Waals surface area (Å²) in [7, 11) is 0. The third kappa shape index (κ3) is 7.35. The molecule has 0 aliphatic rings. The van der Waals surface area contributed by atoms with Gasteiger partial charge in [0.15, 0.2) is 0 Å². The first kappa shape index (κ1) is 18.7. The average molecular weight is 297 g/mol. The zero-order chi connectivity index (χ0) is 16.0. The van der Waals surface area contributed by atoms with Crippen LogP contribution in [0.2, 0.25) is 0 Å². The summed E-state index contributed by atoms with van der Waals surface area (Å²) < 4.78 is 40.7. The Balaban J connectivity index is 4.47. The predicted octanol–water partition coefficient (Wildman–Crippen LogP) is 2.67. The minimum Gasteiger partial charge on any atom is -0.465 e. The number of halogens is 3. The number of esters is 1. The molecular weight excluding hydrogens is 275 g/mol. The van der Waals surface area contributed by atoms with Crippen LogP contribution in [0.1, 0.15) is 40.5 Å². The molecule has 0 rings (SSSR count). The molecular formula is C13H22F3NO3. The molecule has 0 heterocycles. The second-order valence-electron chi connectivity index (χ2n) is 5.56. The number of nitrogens with one attached hydrogen (secondary N) is 1. The van der Waals surface area contributed by atoms with Crippen LogP contribution in [-0.4, -0.2) is 31.2 Å². The number of hydrogen-bond acceptors (Lipinski definition) is 3. The van der Waals surface area contributed by atoms with E-state index in [1.165, 1.54) is 0 Å². The van der Waals surface area contributed by atoms with E-state index in [1.807, 2.05) is 0 Å². The molecule has 0 aliphatic heterocycles. The summed E-state index contributed by atoms with van der Waals surface area (Å²) in [5, 5.41) is 2.36. The van der Waals surface area contributed by atoms with Gasteiger partial charge in [-0.1, -0.05) is 20.8 Å². The highest BCUT2D eigenvalue weighted by atomic mass is 19.4. The summed E-state index contributed by atoms with van der Waals surface area (Å²) in [5.41, 5.74) is -0.666. The second kappa shape index (κ2) is 7.50. The van der Waals surface area contributed by atoms with Crippen molar-refractivity contribution < 1.29 is 27.5 Å². The lowest BCUT2D eigenvalue weighted by atomic mass is 9.80. The Morgan fingerprint density at radius 2 is 1.75 bits per heavy atom. The number of carbonyl (C=O) groups is 2. The summed E-state index contributed by atoms with van der Waals surface area (Å²) in [5.74, 6) is -2.29. The first-order chi connectivity index (χ1) is 8.99. The van der Waals surface area contributed by atoms with E-state index < -0.39 is 35.8 Å². The normalized spacial score (nSPS) is 13.8. The maximum absolute atomic E-state index is 12.0. The third-order valence-electron chi connectivity index (χ3n) is 2.59. The van der Waals surface area contributed by atoms with Crippen molar-refractivity contribution in [3.8, 4) is 0 Å². The summed E-state index contributed by atoms with van der Waals surface area (Å²) in [4.78, 5) is 23.7. The molecule has 1 atom stereocenters. The van der Waals surface area contributed by atoms with Gasteiger partial charge in [-0.25, -0.2) is 0 Å². The fourth-order valence-corrected chi connectivity index (χ4v) is 1.68. The molecule has 0 aliphatic carbocycles. The predicted molar refractivity (Wildman–Crippen MR) is 67.9 cm³/mol. The van der Waals surface area contributed by atoms with Crippen molar-refractivity contribution >= 4 is 11.9 Å². The monoisotopic (exact) mass is 297 g/mol. The number of rotatable bonds is 6. The van der Waals surface area contributed by atoms with Crippen molar-refractivity contribution in [2.24, 2.45) is 11.3 Å². The third-order valence-corrected chi connectivity index (χ3v) is 2.59. The molecule has 0 radical (unpaired) electrons. The summed E-state index contributed by atoms with van der Waals surface area (Å²) in [6.45, 7) is 6.74. The summed E-state index contributed by atoms with van der Waals surface area (Å²) >= 11 is 0. The molecule has 118 valence electrons. The Kier molecular flexibility index (Phi) is 7.02. The second-order valence-corrected chi connectivity index (χ2v) is 5.56. The SMILES string of the molecule is CCOC(=O)C(C(=O)NCCCC(F)(F)F)C(C)(C)C. The van der Waals surface area contributed by atoms with Crippen molar-refractivity contribution in [3.05, 3.63) is 0 Å². The van der Waals surface area contributed by atoms with Gasteiger partial charge in [0.2, 0.25) is 5.91 Å². The Bertz CT molecular complexity index is 335. The molecule has 0 saturated heterocycles. The Labute approximate surface area is 117 Å². The minimum atomic E-state index is -4.24. The topological polar surface area (TPSA) is 55.4 Å². The van der Waals surface area contributed by atoms with Gasteiger partial charge < -0.3 is 10.1 Å². The van der Waals surface area contributed by atoms with Gasteiger partial charge in [-0.3, -0.25) is 9.59 Å². The maximum Gasteiger partial charge on any atom is 0.389 e. The fraction of sp³-hybridized carbons (Fsp3) is 0.846. The van der Waals surface area contributed by atoms with Gasteiger partial charge in [0.25, 0.3) is 0 Å². The first-order valence-corrected chi connectivity index (χ1v) is 6.50. The molecule has 0 bridgehead atoms. The molecule has 0 aromatic rings. The number of amides is 1. The van der Waals surface area contributed by atoms with Crippen LogP contribution >= 0.6 is 0 Å². The van der Waals surface area contributed by atoms with Gasteiger partial charge in [0.05, 0.1) is 6.61 Å². The lowest BCUT2D eigenvalue weighted by molar-refractivity contribution is -0.157. The lowest BCUT2D eigenvalue weighted by Crippen LogP contribution is -2.44. The molecule has 0 fully saturated rings. The smallest absolute Gasteiger partial charge is 0.389 e. The van der Waals surface area contributed by atoms with Crippen molar-refractivity contribution in [2.75, 3.05) is 13.2 Å². The maximum atomic E-state index is 12.0. The standard InChI is InChI=1S/C13H22F3NO3/c1-5-20-11(19)9(12(2,3)4)10(18)17-8-6-7-13(14,15)16/h9H,5-8H2,1-4H3,(H,17,18). The Morgan fingerprint density at radius 3 is 2.15 bits per heavy atom. The number of ether oxygens (including phenoxy) is 1. The van der Waals surface area contributed by atoms with Crippen LogP contribution in [0, 0.1) is 11.3 Å². The van der Waals surface area contributed by atoms with E-state index in [-0.39, 0.29) is 19.6 Å². The molecule has 0 spiro atoms. The summed E-state index contributed by atoms with van der Waals surface area (Å²) in [6.07, 6.45) is -5.42. The number of carbonyl (C=O) groups excluding carboxylic acids is 2. The van der Waals surface area contributed by atoms with E-state index >= 15 is 0 Å². The van der Waals surface area contributed by atoms with E-state index in [1.54, 1.807) is 27.7 Å². The van der Waals surface area contributed by atoms with Crippen LogP contribution in [0.5, 0.6) is 0 Å². The molecule has 0 saturated carbocycles. The van der Waals surface area contributed by atoms with Crippen molar-refractivity contribution in [2.45, 2.75) is 46.7 Å². The molecule has 0 aromatic heterocycles.